The standard InChI is InChI=1S/C20H25N3O5S/c1-14-18(15(2)23(21-14)16-7-5-4-6-8-16)11-20(25)28-12-19(24)22(3)17-9-10-29(26,27)13-17/h4-8,17H,9-13H2,1-3H3/t17-/m1/s1. The second kappa shape index (κ2) is 8.36. The minimum atomic E-state index is -3.09. The Morgan fingerprint density at radius 3 is 2.55 bits per heavy atom. The van der Waals surface area contributed by atoms with Gasteiger partial charge in [0.2, 0.25) is 0 Å². The van der Waals surface area contributed by atoms with Crippen LogP contribution in [0.4, 0.5) is 0 Å². The Kier molecular flexibility index (Phi) is 6.07. The smallest absolute Gasteiger partial charge is 0.310 e. The van der Waals surface area contributed by atoms with Gasteiger partial charge in [-0.1, -0.05) is 18.2 Å². The van der Waals surface area contributed by atoms with Crippen LogP contribution in [0.1, 0.15) is 23.4 Å². The Bertz CT molecular complexity index is 1010. The van der Waals surface area contributed by atoms with Crippen molar-refractivity contribution in [1.29, 1.82) is 0 Å². The van der Waals surface area contributed by atoms with Crippen LogP contribution >= 0.6 is 0 Å². The number of ether oxygens (including phenoxy) is 1. The molecule has 0 unspecified atom stereocenters. The number of hydrogen-bond acceptors (Lipinski definition) is 6. The molecule has 29 heavy (non-hydrogen) atoms. The minimum Gasteiger partial charge on any atom is -0.455 e. The van der Waals surface area contributed by atoms with Crippen molar-refractivity contribution >= 4 is 21.7 Å². The van der Waals surface area contributed by atoms with Crippen LogP contribution in [0.3, 0.4) is 0 Å². The predicted molar refractivity (Wildman–Crippen MR) is 108 cm³/mol. The maximum atomic E-state index is 12.3. The van der Waals surface area contributed by atoms with E-state index in [0.29, 0.717) is 6.42 Å². The van der Waals surface area contributed by atoms with Crippen LogP contribution in [-0.2, 0) is 30.6 Å². The molecule has 1 amide bonds. The molecule has 1 aromatic carbocycles. The zero-order valence-electron chi connectivity index (χ0n) is 16.8. The van der Waals surface area contributed by atoms with Crippen LogP contribution in [0, 0.1) is 13.8 Å². The third-order valence-electron chi connectivity index (χ3n) is 5.27. The quantitative estimate of drug-likeness (QED) is 0.653. The van der Waals surface area contributed by atoms with Gasteiger partial charge in [-0.3, -0.25) is 9.59 Å². The van der Waals surface area contributed by atoms with Gasteiger partial charge in [0.25, 0.3) is 5.91 Å². The molecule has 1 aliphatic rings. The summed E-state index contributed by atoms with van der Waals surface area (Å²) < 4.78 is 30.1. The number of carbonyl (C=O) groups excluding carboxylic acids is 2. The number of sulfone groups is 1. The van der Waals surface area contributed by atoms with E-state index >= 15 is 0 Å². The zero-order valence-corrected chi connectivity index (χ0v) is 17.6. The summed E-state index contributed by atoms with van der Waals surface area (Å²) in [5.41, 5.74) is 3.23. The van der Waals surface area contributed by atoms with Gasteiger partial charge < -0.3 is 9.64 Å². The fourth-order valence-electron chi connectivity index (χ4n) is 3.48. The van der Waals surface area contributed by atoms with Gasteiger partial charge in [-0.05, 0) is 32.4 Å². The summed E-state index contributed by atoms with van der Waals surface area (Å²) in [6, 6.07) is 9.25. The molecular weight excluding hydrogens is 394 g/mol. The van der Waals surface area contributed by atoms with E-state index in [-0.39, 0.29) is 24.0 Å². The van der Waals surface area contributed by atoms with Gasteiger partial charge in [-0.15, -0.1) is 0 Å². The molecule has 1 aliphatic heterocycles. The van der Waals surface area contributed by atoms with Gasteiger partial charge in [0.1, 0.15) is 0 Å². The van der Waals surface area contributed by atoms with E-state index in [0.717, 1.165) is 22.6 Å². The third kappa shape index (κ3) is 4.84. The molecule has 0 bridgehead atoms. The number of benzene rings is 1. The number of hydrogen-bond donors (Lipinski definition) is 0. The number of esters is 1. The lowest BCUT2D eigenvalue weighted by Crippen LogP contribution is -2.40. The first-order valence-corrected chi connectivity index (χ1v) is 11.2. The molecule has 0 radical (unpaired) electrons. The average Bonchev–Trinajstić information content (AvgIpc) is 3.19. The SMILES string of the molecule is Cc1nn(-c2ccccc2)c(C)c1CC(=O)OCC(=O)N(C)[C@@H]1CCS(=O)(=O)C1. The number of rotatable bonds is 6. The summed E-state index contributed by atoms with van der Waals surface area (Å²) in [7, 11) is -1.55. The third-order valence-corrected chi connectivity index (χ3v) is 7.02. The molecule has 156 valence electrons. The maximum absolute atomic E-state index is 12.3. The normalized spacial score (nSPS) is 17.8. The van der Waals surface area contributed by atoms with Gasteiger partial charge in [-0.2, -0.15) is 5.10 Å². The fourth-order valence-corrected chi connectivity index (χ4v) is 5.25. The second-order valence-electron chi connectivity index (χ2n) is 7.30. The molecular formula is C20H25N3O5S. The summed E-state index contributed by atoms with van der Waals surface area (Å²) in [6.07, 6.45) is 0.425. The van der Waals surface area contributed by atoms with Crippen LogP contribution in [0.5, 0.6) is 0 Å². The molecule has 1 saturated heterocycles. The van der Waals surface area contributed by atoms with Crippen LogP contribution in [-0.4, -0.2) is 66.2 Å². The number of amides is 1. The molecule has 1 atom stereocenters. The molecule has 0 aliphatic carbocycles. The Morgan fingerprint density at radius 2 is 1.93 bits per heavy atom. The lowest BCUT2D eigenvalue weighted by atomic mass is 10.1. The first-order chi connectivity index (χ1) is 13.7. The largest absolute Gasteiger partial charge is 0.455 e. The lowest BCUT2D eigenvalue weighted by molar-refractivity contribution is -0.151. The summed E-state index contributed by atoms with van der Waals surface area (Å²) in [6.45, 7) is 3.31. The Labute approximate surface area is 170 Å². The second-order valence-corrected chi connectivity index (χ2v) is 9.52. The van der Waals surface area contributed by atoms with Crippen molar-refractivity contribution in [2.75, 3.05) is 25.2 Å². The van der Waals surface area contributed by atoms with Crippen LogP contribution in [0.25, 0.3) is 5.69 Å². The molecule has 2 aromatic rings. The highest BCUT2D eigenvalue weighted by Gasteiger charge is 2.33. The number of para-hydroxylation sites is 1. The van der Waals surface area contributed by atoms with Gasteiger partial charge in [-0.25, -0.2) is 13.1 Å². The molecule has 0 saturated carbocycles. The van der Waals surface area contributed by atoms with Gasteiger partial charge in [0.15, 0.2) is 16.4 Å². The van der Waals surface area contributed by atoms with Crippen LogP contribution in [0.15, 0.2) is 30.3 Å². The summed E-state index contributed by atoms with van der Waals surface area (Å²) >= 11 is 0. The number of likely N-dealkylation sites (N-methyl/N-ethyl adjacent to an activating group) is 1. The van der Waals surface area contributed by atoms with E-state index < -0.39 is 28.3 Å². The van der Waals surface area contributed by atoms with E-state index in [2.05, 4.69) is 5.10 Å². The van der Waals surface area contributed by atoms with E-state index in [1.165, 1.54) is 4.90 Å². The Morgan fingerprint density at radius 1 is 1.24 bits per heavy atom. The molecule has 1 aromatic heterocycles. The Hall–Kier alpha value is -2.68. The molecule has 1 fully saturated rings. The van der Waals surface area contributed by atoms with Crippen LogP contribution in [0.2, 0.25) is 0 Å². The van der Waals surface area contributed by atoms with E-state index in [9.17, 15) is 18.0 Å². The van der Waals surface area contributed by atoms with Crippen molar-refractivity contribution < 1.29 is 22.7 Å². The first kappa shape index (κ1) is 21.0. The first-order valence-electron chi connectivity index (χ1n) is 9.40. The number of nitrogens with zero attached hydrogens (tertiary/aromatic N) is 3. The maximum Gasteiger partial charge on any atom is 0.310 e. The molecule has 2 heterocycles. The monoisotopic (exact) mass is 419 g/mol. The lowest BCUT2D eigenvalue weighted by Gasteiger charge is -2.23. The molecule has 0 spiro atoms. The van der Waals surface area contributed by atoms with Crippen LogP contribution < -0.4 is 0 Å². The predicted octanol–water partition coefficient (Wildman–Crippen LogP) is 1.22. The summed E-state index contributed by atoms with van der Waals surface area (Å²) in [5, 5.41) is 4.50. The van der Waals surface area contributed by atoms with Gasteiger partial charge in [0.05, 0.1) is 29.3 Å². The highest BCUT2D eigenvalue weighted by molar-refractivity contribution is 7.91. The summed E-state index contributed by atoms with van der Waals surface area (Å²) in [4.78, 5) is 25.9. The van der Waals surface area contributed by atoms with E-state index in [4.69, 9.17) is 4.74 Å². The topological polar surface area (TPSA) is 98.6 Å². The van der Waals surface area contributed by atoms with Crippen molar-refractivity contribution in [1.82, 2.24) is 14.7 Å². The van der Waals surface area contributed by atoms with Crippen molar-refractivity contribution in [3.63, 3.8) is 0 Å². The molecule has 8 nitrogen and oxygen atoms in total. The average molecular weight is 420 g/mol. The number of aryl methyl sites for hydroxylation is 1. The number of aromatic nitrogens is 2. The molecule has 9 heteroatoms. The van der Waals surface area contributed by atoms with Gasteiger partial charge >= 0.3 is 5.97 Å². The fraction of sp³-hybridized carbons (Fsp3) is 0.450. The minimum absolute atomic E-state index is 0.0132. The van der Waals surface area contributed by atoms with Crippen molar-refractivity contribution in [2.45, 2.75) is 32.7 Å². The van der Waals surface area contributed by atoms with Crippen molar-refractivity contribution in [2.24, 2.45) is 0 Å². The Balaban J connectivity index is 1.59. The highest BCUT2D eigenvalue weighted by Crippen LogP contribution is 2.19. The highest BCUT2D eigenvalue weighted by atomic mass is 32.2. The summed E-state index contributed by atoms with van der Waals surface area (Å²) in [5.74, 6) is -0.891. The zero-order chi connectivity index (χ0) is 21.2. The molecule has 0 N–H and O–H groups in total. The number of carbonyl (C=O) groups is 2. The van der Waals surface area contributed by atoms with E-state index in [1.54, 1.807) is 11.7 Å². The molecule has 3 rings (SSSR count). The van der Waals surface area contributed by atoms with E-state index in [1.807, 2.05) is 44.2 Å². The van der Waals surface area contributed by atoms with Crippen molar-refractivity contribution in [3.8, 4) is 5.69 Å². The van der Waals surface area contributed by atoms with Gasteiger partial charge in [0, 0.05) is 24.3 Å². The van der Waals surface area contributed by atoms with Crippen molar-refractivity contribution in [3.05, 3.63) is 47.3 Å².